The quantitative estimate of drug-likeness (QED) is 0.901. The van der Waals surface area contributed by atoms with E-state index in [0.717, 1.165) is 4.47 Å². The molecule has 0 radical (unpaired) electrons. The highest BCUT2D eigenvalue weighted by Crippen LogP contribution is 2.33. The Labute approximate surface area is 124 Å². The average Bonchev–Trinajstić information content (AvgIpc) is 2.38. The largest absolute Gasteiger partial charge is 0.496 e. The second-order valence-electron chi connectivity index (χ2n) is 4.03. The summed E-state index contributed by atoms with van der Waals surface area (Å²) in [6.07, 6.45) is 0. The number of rotatable bonds is 3. The summed E-state index contributed by atoms with van der Waals surface area (Å²) in [6, 6.07) is 9.10. The molecule has 1 atom stereocenters. The van der Waals surface area contributed by atoms with Crippen molar-refractivity contribution in [2.75, 3.05) is 7.11 Å². The van der Waals surface area contributed by atoms with Gasteiger partial charge in [-0.05, 0) is 35.9 Å². The first-order valence-electron chi connectivity index (χ1n) is 5.57. The van der Waals surface area contributed by atoms with Crippen molar-refractivity contribution in [3.8, 4) is 5.75 Å². The van der Waals surface area contributed by atoms with Crippen molar-refractivity contribution in [1.82, 2.24) is 0 Å². The van der Waals surface area contributed by atoms with E-state index in [1.807, 2.05) is 6.07 Å². The zero-order chi connectivity index (χ0) is 14.0. The van der Waals surface area contributed by atoms with E-state index < -0.39 is 6.04 Å². The van der Waals surface area contributed by atoms with Crippen LogP contribution in [-0.4, -0.2) is 7.11 Å². The molecule has 0 heterocycles. The van der Waals surface area contributed by atoms with Crippen molar-refractivity contribution < 1.29 is 9.13 Å². The first-order valence-corrected chi connectivity index (χ1v) is 6.74. The van der Waals surface area contributed by atoms with Gasteiger partial charge in [0.05, 0.1) is 13.2 Å². The third-order valence-electron chi connectivity index (χ3n) is 2.82. The summed E-state index contributed by atoms with van der Waals surface area (Å²) in [6.45, 7) is 0. The summed E-state index contributed by atoms with van der Waals surface area (Å²) in [4.78, 5) is 0. The molecule has 2 rings (SSSR count). The van der Waals surface area contributed by atoms with Gasteiger partial charge in [0, 0.05) is 15.1 Å². The van der Waals surface area contributed by atoms with Crippen LogP contribution in [0.4, 0.5) is 4.39 Å². The molecule has 2 N–H and O–H groups in total. The fourth-order valence-corrected chi connectivity index (χ4v) is 2.66. The summed E-state index contributed by atoms with van der Waals surface area (Å²) in [5.41, 5.74) is 7.44. The Bertz CT molecular complexity index is 606. The number of benzene rings is 2. The number of methoxy groups -OCH3 is 1. The van der Waals surface area contributed by atoms with E-state index in [1.54, 1.807) is 18.2 Å². The van der Waals surface area contributed by atoms with Crippen LogP contribution in [0.25, 0.3) is 0 Å². The summed E-state index contributed by atoms with van der Waals surface area (Å²) >= 11 is 9.50. The Hall–Kier alpha value is -1.10. The maximum atomic E-state index is 13.4. The molecule has 0 saturated heterocycles. The van der Waals surface area contributed by atoms with Gasteiger partial charge in [-0.3, -0.25) is 0 Å². The second kappa shape index (κ2) is 5.90. The summed E-state index contributed by atoms with van der Waals surface area (Å²) < 4.78 is 19.4. The first-order chi connectivity index (χ1) is 9.02. The summed E-state index contributed by atoms with van der Waals surface area (Å²) in [5, 5.41) is 0.521. The normalized spacial score (nSPS) is 12.3. The molecule has 0 bridgehead atoms. The minimum Gasteiger partial charge on any atom is -0.496 e. The predicted octanol–water partition coefficient (Wildman–Crippen LogP) is 4.30. The molecule has 1 unspecified atom stereocenters. The molecule has 0 aliphatic rings. The zero-order valence-corrected chi connectivity index (χ0v) is 12.5. The van der Waals surface area contributed by atoms with Gasteiger partial charge in [-0.15, -0.1) is 0 Å². The summed E-state index contributed by atoms with van der Waals surface area (Å²) in [5.74, 6) is 0.173. The maximum Gasteiger partial charge on any atom is 0.124 e. The van der Waals surface area contributed by atoms with Crippen molar-refractivity contribution in [3.63, 3.8) is 0 Å². The monoisotopic (exact) mass is 343 g/mol. The van der Waals surface area contributed by atoms with Crippen LogP contribution in [0.2, 0.25) is 5.02 Å². The molecule has 5 heteroatoms. The van der Waals surface area contributed by atoms with E-state index in [-0.39, 0.29) is 5.82 Å². The lowest BCUT2D eigenvalue weighted by Crippen LogP contribution is -2.14. The van der Waals surface area contributed by atoms with E-state index in [0.29, 0.717) is 21.9 Å². The van der Waals surface area contributed by atoms with E-state index in [1.165, 1.54) is 19.2 Å². The number of hydrogen-bond acceptors (Lipinski definition) is 2. The second-order valence-corrected chi connectivity index (χ2v) is 5.35. The van der Waals surface area contributed by atoms with Crippen molar-refractivity contribution in [3.05, 3.63) is 62.8 Å². The van der Waals surface area contributed by atoms with Crippen molar-refractivity contribution in [2.24, 2.45) is 5.73 Å². The molecule has 100 valence electrons. The smallest absolute Gasteiger partial charge is 0.124 e. The van der Waals surface area contributed by atoms with E-state index in [2.05, 4.69) is 15.9 Å². The standard InChI is InChI=1S/C14H12BrClFNO/c1-19-13-5-3-9(17)7-11(13)14(18)10-4-2-8(15)6-12(10)16/h2-7,14H,18H2,1H3. The lowest BCUT2D eigenvalue weighted by atomic mass is 9.98. The minimum atomic E-state index is -0.550. The molecule has 0 aliphatic heterocycles. The van der Waals surface area contributed by atoms with Crippen LogP contribution in [0.15, 0.2) is 40.9 Å². The lowest BCUT2D eigenvalue weighted by Gasteiger charge is -2.17. The SMILES string of the molecule is COc1ccc(F)cc1C(N)c1ccc(Br)cc1Cl. The molecule has 0 amide bonds. The molecule has 2 aromatic carbocycles. The summed E-state index contributed by atoms with van der Waals surface area (Å²) in [7, 11) is 1.52. The lowest BCUT2D eigenvalue weighted by molar-refractivity contribution is 0.406. The van der Waals surface area contributed by atoms with Crippen molar-refractivity contribution in [1.29, 1.82) is 0 Å². The zero-order valence-electron chi connectivity index (χ0n) is 10.2. The number of halogens is 3. The minimum absolute atomic E-state index is 0.362. The molecule has 0 spiro atoms. The van der Waals surface area contributed by atoms with Crippen LogP contribution in [0.5, 0.6) is 5.75 Å². The highest BCUT2D eigenvalue weighted by molar-refractivity contribution is 9.10. The van der Waals surface area contributed by atoms with Gasteiger partial charge in [-0.2, -0.15) is 0 Å². The van der Waals surface area contributed by atoms with Gasteiger partial charge >= 0.3 is 0 Å². The molecule has 2 aromatic rings. The van der Waals surface area contributed by atoms with Crippen LogP contribution in [0.3, 0.4) is 0 Å². The van der Waals surface area contributed by atoms with Crippen LogP contribution in [-0.2, 0) is 0 Å². The Kier molecular flexibility index (Phi) is 4.45. The fraction of sp³-hybridized carbons (Fsp3) is 0.143. The van der Waals surface area contributed by atoms with Gasteiger partial charge in [0.15, 0.2) is 0 Å². The van der Waals surface area contributed by atoms with Crippen molar-refractivity contribution in [2.45, 2.75) is 6.04 Å². The molecule has 19 heavy (non-hydrogen) atoms. The van der Waals surface area contributed by atoms with E-state index in [4.69, 9.17) is 22.1 Å². The Morgan fingerprint density at radius 1 is 1.21 bits per heavy atom. The van der Waals surface area contributed by atoms with Gasteiger partial charge < -0.3 is 10.5 Å². The number of ether oxygens (including phenoxy) is 1. The third kappa shape index (κ3) is 3.08. The van der Waals surface area contributed by atoms with Crippen LogP contribution in [0, 0.1) is 5.82 Å². The molecule has 0 aromatic heterocycles. The molecule has 0 fully saturated rings. The van der Waals surface area contributed by atoms with E-state index >= 15 is 0 Å². The highest BCUT2D eigenvalue weighted by atomic mass is 79.9. The molecular formula is C14H12BrClFNO. The Morgan fingerprint density at radius 2 is 1.95 bits per heavy atom. The van der Waals surface area contributed by atoms with Gasteiger partial charge in [0.2, 0.25) is 0 Å². The molecule has 0 saturated carbocycles. The number of nitrogens with two attached hydrogens (primary N) is 1. The van der Waals surface area contributed by atoms with Crippen LogP contribution < -0.4 is 10.5 Å². The average molecular weight is 345 g/mol. The maximum absolute atomic E-state index is 13.4. The van der Waals surface area contributed by atoms with Gasteiger partial charge in [0.1, 0.15) is 11.6 Å². The van der Waals surface area contributed by atoms with Crippen LogP contribution >= 0.6 is 27.5 Å². The van der Waals surface area contributed by atoms with Crippen LogP contribution in [0.1, 0.15) is 17.2 Å². The Morgan fingerprint density at radius 3 is 2.58 bits per heavy atom. The molecule has 0 aliphatic carbocycles. The third-order valence-corrected chi connectivity index (χ3v) is 3.64. The van der Waals surface area contributed by atoms with Crippen molar-refractivity contribution >= 4 is 27.5 Å². The predicted molar refractivity (Wildman–Crippen MR) is 78.1 cm³/mol. The Balaban J connectivity index is 2.49. The fourth-order valence-electron chi connectivity index (χ4n) is 1.87. The molecular weight excluding hydrogens is 333 g/mol. The van der Waals surface area contributed by atoms with Gasteiger partial charge in [-0.25, -0.2) is 4.39 Å². The first kappa shape index (κ1) is 14.3. The highest BCUT2D eigenvalue weighted by Gasteiger charge is 2.17. The molecule has 2 nitrogen and oxygen atoms in total. The van der Waals surface area contributed by atoms with Gasteiger partial charge in [0.25, 0.3) is 0 Å². The van der Waals surface area contributed by atoms with E-state index in [9.17, 15) is 4.39 Å². The van der Waals surface area contributed by atoms with Gasteiger partial charge in [-0.1, -0.05) is 33.6 Å². The topological polar surface area (TPSA) is 35.2 Å². The number of hydrogen-bond donors (Lipinski definition) is 1.